The molecule has 1 aromatic heterocycles. The molecule has 0 fully saturated rings. The van der Waals surface area contributed by atoms with Gasteiger partial charge < -0.3 is 10.1 Å². The number of nitrogens with one attached hydrogen (secondary N) is 1. The molecule has 4 nitrogen and oxygen atoms in total. The Morgan fingerprint density at radius 1 is 1.45 bits per heavy atom. The highest BCUT2D eigenvalue weighted by molar-refractivity contribution is 9.10. The molecule has 6 heteroatoms. The quantitative estimate of drug-likeness (QED) is 0.646. The number of esters is 1. The highest BCUT2D eigenvalue weighted by Crippen LogP contribution is 2.27. The second-order valence-electron chi connectivity index (χ2n) is 5.50. The Morgan fingerprint density at radius 3 is 2.55 bits per heavy atom. The van der Waals surface area contributed by atoms with Crippen molar-refractivity contribution in [2.45, 2.75) is 34.2 Å². The molecular weight excluding hydrogens is 342 g/mol. The van der Waals surface area contributed by atoms with Crippen LogP contribution in [0.25, 0.3) is 0 Å². The highest BCUT2D eigenvalue weighted by atomic mass is 79.9. The van der Waals surface area contributed by atoms with Crippen molar-refractivity contribution in [3.63, 3.8) is 0 Å². The second-order valence-corrected chi connectivity index (χ2v) is 7.41. The van der Waals surface area contributed by atoms with E-state index in [1.165, 1.54) is 0 Å². The normalized spacial score (nSPS) is 12.8. The molecule has 0 radical (unpaired) electrons. The van der Waals surface area contributed by atoms with Gasteiger partial charge in [-0.2, -0.15) is 0 Å². The predicted octanol–water partition coefficient (Wildman–Crippen LogP) is 3.35. The van der Waals surface area contributed by atoms with Gasteiger partial charge in [-0.05, 0) is 34.3 Å². The summed E-state index contributed by atoms with van der Waals surface area (Å²) in [5.74, 6) is -1.56. The Bertz CT molecular complexity index is 479. The summed E-state index contributed by atoms with van der Waals surface area (Å²) < 4.78 is 5.99. The minimum absolute atomic E-state index is 0.274. The van der Waals surface area contributed by atoms with Crippen LogP contribution in [0.4, 0.5) is 0 Å². The molecule has 1 rings (SSSR count). The van der Waals surface area contributed by atoms with E-state index in [0.717, 1.165) is 9.35 Å². The smallest absolute Gasteiger partial charge is 0.319 e. The fourth-order valence-electron chi connectivity index (χ4n) is 1.80. The van der Waals surface area contributed by atoms with Crippen molar-refractivity contribution in [3.8, 4) is 0 Å². The van der Waals surface area contributed by atoms with E-state index in [0.29, 0.717) is 6.54 Å². The van der Waals surface area contributed by atoms with Gasteiger partial charge in [0.2, 0.25) is 5.91 Å². The van der Waals surface area contributed by atoms with Crippen molar-refractivity contribution in [1.82, 2.24) is 5.32 Å². The zero-order chi connectivity index (χ0) is 15.3. The number of hydrogen-bond acceptors (Lipinski definition) is 4. The van der Waals surface area contributed by atoms with Gasteiger partial charge in [0.25, 0.3) is 0 Å². The maximum atomic E-state index is 12.3. The van der Waals surface area contributed by atoms with Crippen molar-refractivity contribution in [1.29, 1.82) is 0 Å². The van der Waals surface area contributed by atoms with E-state index in [-0.39, 0.29) is 12.5 Å². The van der Waals surface area contributed by atoms with Crippen molar-refractivity contribution < 1.29 is 14.3 Å². The van der Waals surface area contributed by atoms with Gasteiger partial charge in [0.15, 0.2) is 0 Å². The monoisotopic (exact) mass is 361 g/mol. The molecule has 0 aliphatic rings. The van der Waals surface area contributed by atoms with Crippen molar-refractivity contribution >= 4 is 39.1 Å². The number of halogens is 1. The first kappa shape index (κ1) is 17.2. The maximum Gasteiger partial charge on any atom is 0.319 e. The molecule has 1 heterocycles. The highest BCUT2D eigenvalue weighted by Gasteiger charge is 2.38. The van der Waals surface area contributed by atoms with Crippen molar-refractivity contribution in [3.05, 3.63) is 20.8 Å². The summed E-state index contributed by atoms with van der Waals surface area (Å²) in [6, 6.07) is 1.95. The standard InChI is InChI=1S/C14H20BrNO3S/c1-5-19-13(18)11(14(2,3)4)12(17)16-7-10-6-9(15)8-20-10/h6,8,11H,5,7H2,1-4H3,(H,16,17). The molecule has 1 N–H and O–H groups in total. The third kappa shape index (κ3) is 4.90. The lowest BCUT2D eigenvalue weighted by molar-refractivity contribution is -0.156. The van der Waals surface area contributed by atoms with E-state index in [2.05, 4.69) is 21.2 Å². The average molecular weight is 362 g/mol. The van der Waals surface area contributed by atoms with Crippen LogP contribution in [0.2, 0.25) is 0 Å². The Labute approximate surface area is 132 Å². The van der Waals surface area contributed by atoms with Gasteiger partial charge in [0.1, 0.15) is 5.92 Å². The number of amides is 1. The molecule has 1 atom stereocenters. The summed E-state index contributed by atoms with van der Waals surface area (Å²) in [4.78, 5) is 25.3. The fraction of sp³-hybridized carbons (Fsp3) is 0.571. The van der Waals surface area contributed by atoms with Gasteiger partial charge in [0, 0.05) is 14.7 Å². The number of carbonyl (C=O) groups excluding carboxylic acids is 2. The first-order valence-electron chi connectivity index (χ1n) is 6.43. The first-order valence-corrected chi connectivity index (χ1v) is 8.10. The summed E-state index contributed by atoms with van der Waals surface area (Å²) in [6.45, 7) is 8.00. The first-order chi connectivity index (χ1) is 9.25. The topological polar surface area (TPSA) is 55.4 Å². The number of rotatable bonds is 5. The Hall–Kier alpha value is -0.880. The predicted molar refractivity (Wildman–Crippen MR) is 83.4 cm³/mol. The SMILES string of the molecule is CCOC(=O)C(C(=O)NCc1cc(Br)cs1)C(C)(C)C. The third-order valence-electron chi connectivity index (χ3n) is 2.71. The Kier molecular flexibility index (Phi) is 6.20. The zero-order valence-electron chi connectivity index (χ0n) is 12.2. The molecular formula is C14H20BrNO3S. The summed E-state index contributed by atoms with van der Waals surface area (Å²) in [5.41, 5.74) is -0.480. The molecule has 1 amide bonds. The maximum absolute atomic E-state index is 12.3. The van der Waals surface area contributed by atoms with Crippen LogP contribution in [-0.2, 0) is 20.9 Å². The lowest BCUT2D eigenvalue weighted by Crippen LogP contribution is -2.43. The van der Waals surface area contributed by atoms with E-state index in [1.54, 1.807) is 18.3 Å². The summed E-state index contributed by atoms with van der Waals surface area (Å²) in [7, 11) is 0. The van der Waals surface area contributed by atoms with Crippen LogP contribution in [0.15, 0.2) is 15.9 Å². The van der Waals surface area contributed by atoms with E-state index in [4.69, 9.17) is 4.74 Å². The van der Waals surface area contributed by atoms with Crippen LogP contribution in [0, 0.1) is 11.3 Å². The summed E-state index contributed by atoms with van der Waals surface area (Å²) in [5, 5.41) is 4.76. The zero-order valence-corrected chi connectivity index (χ0v) is 14.6. The molecule has 0 saturated carbocycles. The molecule has 112 valence electrons. The lowest BCUT2D eigenvalue weighted by atomic mass is 9.80. The molecule has 0 aromatic carbocycles. The summed E-state index contributed by atoms with van der Waals surface area (Å²) in [6.07, 6.45) is 0. The van der Waals surface area contributed by atoms with E-state index in [9.17, 15) is 9.59 Å². The second kappa shape index (κ2) is 7.22. The van der Waals surface area contributed by atoms with Gasteiger partial charge in [-0.1, -0.05) is 20.8 Å². The van der Waals surface area contributed by atoms with Gasteiger partial charge in [-0.15, -0.1) is 11.3 Å². The van der Waals surface area contributed by atoms with Crippen LogP contribution in [0.5, 0.6) is 0 Å². The van der Waals surface area contributed by atoms with Crippen LogP contribution in [-0.4, -0.2) is 18.5 Å². The third-order valence-corrected chi connectivity index (χ3v) is 4.41. The molecule has 20 heavy (non-hydrogen) atoms. The van der Waals surface area contributed by atoms with Crippen LogP contribution in [0.3, 0.4) is 0 Å². The summed E-state index contributed by atoms with van der Waals surface area (Å²) >= 11 is 4.92. The van der Waals surface area contributed by atoms with Gasteiger partial charge >= 0.3 is 5.97 Å². The van der Waals surface area contributed by atoms with Crippen LogP contribution < -0.4 is 5.32 Å². The molecule has 0 bridgehead atoms. The fourth-order valence-corrected chi connectivity index (χ4v) is 3.19. The molecule has 1 aromatic rings. The largest absolute Gasteiger partial charge is 0.465 e. The van der Waals surface area contributed by atoms with Crippen LogP contribution in [0.1, 0.15) is 32.6 Å². The Morgan fingerprint density at radius 2 is 2.10 bits per heavy atom. The molecule has 0 saturated heterocycles. The lowest BCUT2D eigenvalue weighted by Gasteiger charge is -2.27. The molecule has 1 unspecified atom stereocenters. The van der Waals surface area contributed by atoms with E-state index in [1.807, 2.05) is 32.2 Å². The minimum Gasteiger partial charge on any atom is -0.465 e. The number of hydrogen-bond donors (Lipinski definition) is 1. The number of thiophene rings is 1. The Balaban J connectivity index is 2.71. The van der Waals surface area contributed by atoms with Crippen molar-refractivity contribution in [2.75, 3.05) is 6.61 Å². The van der Waals surface area contributed by atoms with Gasteiger partial charge in [-0.25, -0.2) is 0 Å². The average Bonchev–Trinajstić information content (AvgIpc) is 2.71. The van der Waals surface area contributed by atoms with Crippen LogP contribution >= 0.6 is 27.3 Å². The number of carbonyl (C=O) groups is 2. The van der Waals surface area contributed by atoms with E-state index >= 15 is 0 Å². The molecule has 0 aliphatic heterocycles. The molecule has 0 spiro atoms. The minimum atomic E-state index is -0.800. The van der Waals surface area contributed by atoms with Crippen molar-refractivity contribution in [2.24, 2.45) is 11.3 Å². The molecule has 0 aliphatic carbocycles. The van der Waals surface area contributed by atoms with Gasteiger partial charge in [-0.3, -0.25) is 9.59 Å². The number of ether oxygens (including phenoxy) is 1. The van der Waals surface area contributed by atoms with Gasteiger partial charge in [0.05, 0.1) is 13.2 Å². The van der Waals surface area contributed by atoms with E-state index < -0.39 is 17.3 Å².